The summed E-state index contributed by atoms with van der Waals surface area (Å²) < 4.78 is 1.44. The monoisotopic (exact) mass is 474 g/mol. The van der Waals surface area contributed by atoms with Crippen LogP contribution >= 0.6 is 0 Å². The first-order chi connectivity index (χ1) is 12.1. The van der Waals surface area contributed by atoms with Crippen molar-refractivity contribution < 1.29 is 48.0 Å². The minimum Gasteiger partial charge on any atom is -1.00 e. The molecule has 0 spiro atoms. The summed E-state index contributed by atoms with van der Waals surface area (Å²) in [7, 11) is 0. The summed E-state index contributed by atoms with van der Waals surface area (Å²) in [5, 5.41) is 0. The van der Waals surface area contributed by atoms with Gasteiger partial charge in [0.1, 0.15) is 0 Å². The number of allylic oxidation sites excluding steroid dienone is 2. The Kier molecular flexibility index (Phi) is 7.77. The molecule has 0 aliphatic heterocycles. The fourth-order valence-electron chi connectivity index (χ4n) is 4.23. The first kappa shape index (κ1) is 22.7. The summed E-state index contributed by atoms with van der Waals surface area (Å²) in [6.07, 6.45) is 4.98. The average molecular weight is 477 g/mol. The molecule has 0 fully saturated rings. The van der Waals surface area contributed by atoms with Crippen LogP contribution in [0.2, 0.25) is 0 Å². The molecular formula is C24H26Cl2Zr. The van der Waals surface area contributed by atoms with Crippen LogP contribution < -0.4 is 24.8 Å². The zero-order valence-corrected chi connectivity index (χ0v) is 20.3. The van der Waals surface area contributed by atoms with Crippen molar-refractivity contribution in [1.82, 2.24) is 0 Å². The maximum Gasteiger partial charge on any atom is -1.00 e. The minimum atomic E-state index is -0.721. The molecule has 0 radical (unpaired) electrons. The molecule has 2 atom stereocenters. The Labute approximate surface area is 187 Å². The van der Waals surface area contributed by atoms with Crippen LogP contribution in [0.5, 0.6) is 0 Å². The van der Waals surface area contributed by atoms with Crippen molar-refractivity contribution >= 4 is 12.2 Å². The van der Waals surface area contributed by atoms with Crippen molar-refractivity contribution in [2.45, 2.75) is 34.9 Å². The summed E-state index contributed by atoms with van der Waals surface area (Å²) >= 11 is -0.721. The second-order valence-corrected chi connectivity index (χ2v) is 11.5. The summed E-state index contributed by atoms with van der Waals surface area (Å²) in [4.78, 5) is 0. The van der Waals surface area contributed by atoms with Crippen molar-refractivity contribution in [3.8, 4) is 0 Å². The van der Waals surface area contributed by atoms with E-state index >= 15 is 0 Å². The van der Waals surface area contributed by atoms with Crippen LogP contribution in [0.3, 0.4) is 0 Å². The Balaban J connectivity index is 0.00000131. The fraction of sp³-hybridized carbons (Fsp3) is 0.333. The molecule has 27 heavy (non-hydrogen) atoms. The molecular weight excluding hydrogens is 450 g/mol. The molecule has 0 nitrogen and oxygen atoms in total. The molecule has 0 heterocycles. The number of hydrogen-bond donors (Lipinski definition) is 0. The second kappa shape index (κ2) is 9.25. The van der Waals surface area contributed by atoms with Gasteiger partial charge in [-0.1, -0.05) is 0 Å². The van der Waals surface area contributed by atoms with Gasteiger partial charge in [0.05, 0.1) is 0 Å². The molecule has 0 amide bonds. The predicted octanol–water partition coefficient (Wildman–Crippen LogP) is 0.666. The van der Waals surface area contributed by atoms with E-state index in [9.17, 15) is 0 Å². The van der Waals surface area contributed by atoms with E-state index in [1.165, 1.54) is 11.1 Å². The van der Waals surface area contributed by atoms with Gasteiger partial charge in [-0.2, -0.15) is 0 Å². The minimum absolute atomic E-state index is 0. The molecule has 0 bridgehead atoms. The van der Waals surface area contributed by atoms with Crippen molar-refractivity contribution in [1.29, 1.82) is 0 Å². The number of benzene rings is 2. The summed E-state index contributed by atoms with van der Waals surface area (Å²) in [5.74, 6) is 1.28. The quantitative estimate of drug-likeness (QED) is 0.609. The van der Waals surface area contributed by atoms with E-state index in [-0.39, 0.29) is 24.8 Å². The second-order valence-electron chi connectivity index (χ2n) is 7.89. The number of rotatable bonds is 4. The first-order valence-electron chi connectivity index (χ1n) is 9.43. The Bertz CT molecular complexity index is 793. The van der Waals surface area contributed by atoms with Crippen molar-refractivity contribution in [2.24, 2.45) is 11.8 Å². The third kappa shape index (κ3) is 4.21. The topological polar surface area (TPSA) is 0 Å². The number of hydrogen-bond acceptors (Lipinski definition) is 0. The molecule has 2 aliphatic rings. The first-order valence-corrected chi connectivity index (χ1v) is 12.3. The fourth-order valence-corrected chi connectivity index (χ4v) is 10.2. The molecule has 0 saturated heterocycles. The SMILES string of the molecule is CC(C)C1=Cc2ccccc2[CH]1[Zr+2][CH]1C(C(C)C)=Cc2ccccc21.[Cl-].[Cl-]. The van der Waals surface area contributed by atoms with Crippen molar-refractivity contribution in [2.75, 3.05) is 0 Å². The van der Waals surface area contributed by atoms with E-state index in [0.29, 0.717) is 11.8 Å². The van der Waals surface area contributed by atoms with Gasteiger partial charge in [0.2, 0.25) is 0 Å². The van der Waals surface area contributed by atoms with Crippen LogP contribution in [0.4, 0.5) is 0 Å². The molecule has 0 N–H and O–H groups in total. The van der Waals surface area contributed by atoms with Gasteiger partial charge in [-0.15, -0.1) is 0 Å². The van der Waals surface area contributed by atoms with E-state index in [0.717, 1.165) is 7.25 Å². The Hall–Kier alpha value is -0.617. The van der Waals surface area contributed by atoms with Gasteiger partial charge in [-0.3, -0.25) is 0 Å². The van der Waals surface area contributed by atoms with Crippen LogP contribution in [-0.2, 0) is 23.2 Å². The zero-order valence-electron chi connectivity index (χ0n) is 16.3. The molecule has 4 rings (SSSR count). The van der Waals surface area contributed by atoms with E-state index < -0.39 is 23.2 Å². The van der Waals surface area contributed by atoms with E-state index in [1.54, 1.807) is 22.3 Å². The van der Waals surface area contributed by atoms with E-state index in [2.05, 4.69) is 88.4 Å². The number of fused-ring (bicyclic) bond motifs is 2. The smallest absolute Gasteiger partial charge is 1.00 e. The van der Waals surface area contributed by atoms with E-state index in [4.69, 9.17) is 0 Å². The van der Waals surface area contributed by atoms with Gasteiger partial charge < -0.3 is 24.8 Å². The van der Waals surface area contributed by atoms with Gasteiger partial charge in [0.25, 0.3) is 0 Å². The molecule has 0 aromatic heterocycles. The van der Waals surface area contributed by atoms with Crippen LogP contribution in [-0.4, -0.2) is 0 Å². The van der Waals surface area contributed by atoms with Gasteiger partial charge in [-0.25, -0.2) is 0 Å². The Morgan fingerprint density at radius 2 is 1.00 bits per heavy atom. The Morgan fingerprint density at radius 1 is 0.630 bits per heavy atom. The van der Waals surface area contributed by atoms with Crippen molar-refractivity contribution in [3.63, 3.8) is 0 Å². The average Bonchev–Trinajstić information content (AvgIpc) is 3.15. The summed E-state index contributed by atoms with van der Waals surface area (Å²) in [6.45, 7) is 9.47. The normalized spacial score (nSPS) is 19.5. The van der Waals surface area contributed by atoms with Gasteiger partial charge in [-0.05, 0) is 0 Å². The molecule has 2 unspecified atom stereocenters. The molecule has 2 aromatic rings. The Morgan fingerprint density at radius 3 is 1.37 bits per heavy atom. The maximum atomic E-state index is 2.49. The van der Waals surface area contributed by atoms with Crippen LogP contribution in [0.15, 0.2) is 59.7 Å². The molecule has 2 aromatic carbocycles. The summed E-state index contributed by atoms with van der Waals surface area (Å²) in [5.41, 5.74) is 9.51. The van der Waals surface area contributed by atoms with E-state index in [1.807, 2.05) is 0 Å². The van der Waals surface area contributed by atoms with Gasteiger partial charge in [0, 0.05) is 0 Å². The molecule has 2 aliphatic carbocycles. The molecule has 0 saturated carbocycles. The molecule has 3 heteroatoms. The standard InChI is InChI=1S/2C12H13.2ClH.Zr/c2*1-9(2)12-7-10-5-3-4-6-11(10)8-12;;;/h2*3-9H,1-2H3;2*1H;/q;;;;+2/p-2. The third-order valence-electron chi connectivity index (χ3n) is 5.59. The van der Waals surface area contributed by atoms with Crippen LogP contribution in [0, 0.1) is 11.8 Å². The van der Waals surface area contributed by atoms with Gasteiger partial charge >= 0.3 is 164 Å². The van der Waals surface area contributed by atoms with Crippen LogP contribution in [0.1, 0.15) is 57.2 Å². The zero-order chi connectivity index (χ0) is 17.6. The predicted molar refractivity (Wildman–Crippen MR) is 104 cm³/mol. The third-order valence-corrected chi connectivity index (χ3v) is 10.4. The summed E-state index contributed by atoms with van der Waals surface area (Å²) in [6, 6.07) is 18.2. The maximum absolute atomic E-state index is 2.49. The van der Waals surface area contributed by atoms with Gasteiger partial charge in [0.15, 0.2) is 0 Å². The van der Waals surface area contributed by atoms with Crippen LogP contribution in [0.25, 0.3) is 12.2 Å². The largest absolute Gasteiger partial charge is 1.00 e. The van der Waals surface area contributed by atoms with Crippen molar-refractivity contribution in [3.05, 3.63) is 81.9 Å². The number of halogens is 2. The molecule has 140 valence electrons.